The average molecular weight is 584 g/mol. The van der Waals surface area contributed by atoms with Crippen molar-refractivity contribution in [3.05, 3.63) is 139 Å². The summed E-state index contributed by atoms with van der Waals surface area (Å²) in [5.74, 6) is -1.47. The Bertz CT molecular complexity index is 1710. The van der Waals surface area contributed by atoms with Crippen molar-refractivity contribution in [1.29, 1.82) is 0 Å². The predicted octanol–water partition coefficient (Wildman–Crippen LogP) is 7.08. The second-order valence-corrected chi connectivity index (χ2v) is 10.9. The normalized spacial score (nSPS) is 11.0. The van der Waals surface area contributed by atoms with Gasteiger partial charge in [-0.25, -0.2) is 0 Å². The van der Waals surface area contributed by atoms with Crippen molar-refractivity contribution in [1.82, 2.24) is 0 Å². The molecule has 42 heavy (non-hydrogen) atoms. The summed E-state index contributed by atoms with van der Waals surface area (Å²) in [7, 11) is 0. The lowest BCUT2D eigenvalue weighted by Gasteiger charge is -2.27. The van der Waals surface area contributed by atoms with Crippen LogP contribution in [0.25, 0.3) is 0 Å². The van der Waals surface area contributed by atoms with Gasteiger partial charge in [0.25, 0.3) is 5.69 Å². The molecule has 4 aromatic carbocycles. The van der Waals surface area contributed by atoms with Gasteiger partial charge in [0.15, 0.2) is 24.5 Å². The van der Waals surface area contributed by atoms with E-state index in [1.165, 1.54) is 12.1 Å². The molecule has 0 heterocycles. The molecule has 0 radical (unpaired) electrons. The van der Waals surface area contributed by atoms with Gasteiger partial charge in [-0.2, -0.15) is 0 Å². The number of benzene rings is 4. The van der Waals surface area contributed by atoms with E-state index in [9.17, 15) is 29.3 Å². The zero-order chi connectivity index (χ0) is 30.6. The Morgan fingerprint density at radius 2 is 1.48 bits per heavy atom. The van der Waals surface area contributed by atoms with Gasteiger partial charge in [-0.1, -0.05) is 80.9 Å². The number of ketones is 3. The molecule has 8 nitrogen and oxygen atoms in total. The highest BCUT2D eigenvalue weighted by Gasteiger charge is 2.34. The molecule has 0 aliphatic carbocycles. The third-order valence-electron chi connectivity index (χ3n) is 6.55. The van der Waals surface area contributed by atoms with Gasteiger partial charge in [0.2, 0.25) is 5.78 Å². The van der Waals surface area contributed by atoms with Crippen molar-refractivity contribution in [2.75, 3.05) is 6.61 Å². The Morgan fingerprint density at radius 3 is 2.05 bits per heavy atom. The van der Waals surface area contributed by atoms with Gasteiger partial charge >= 0.3 is 0 Å². The fraction of sp³-hybridized carbons (Fsp3) is 0.152. The molecule has 0 aliphatic heterocycles. The molecule has 0 aliphatic rings. The number of aldehydes is 1. The van der Waals surface area contributed by atoms with Gasteiger partial charge < -0.3 is 4.74 Å². The number of Topliss-reactive ketones (excluding diaryl/α,β-unsaturated/α-hetero) is 1. The average Bonchev–Trinajstić information content (AvgIpc) is 2.99. The van der Waals surface area contributed by atoms with Crippen LogP contribution in [0.1, 0.15) is 78.9 Å². The lowest BCUT2D eigenvalue weighted by atomic mass is 9.76. The largest absolute Gasteiger partial charge is 0.485 e. The number of halogens is 1. The molecule has 0 saturated carbocycles. The van der Waals surface area contributed by atoms with Gasteiger partial charge in [0.1, 0.15) is 5.75 Å². The summed E-state index contributed by atoms with van der Waals surface area (Å²) >= 11 is 6.62. The molecule has 0 atom stereocenters. The number of nitro benzene ring substituents is 1. The number of nitro groups is 1. The topological polar surface area (TPSA) is 121 Å². The van der Waals surface area contributed by atoms with Crippen LogP contribution in [-0.4, -0.2) is 35.2 Å². The maximum Gasteiger partial charge on any atom is 0.270 e. The minimum absolute atomic E-state index is 0.00878. The van der Waals surface area contributed by atoms with E-state index in [0.29, 0.717) is 17.6 Å². The minimum Gasteiger partial charge on any atom is -0.485 e. The van der Waals surface area contributed by atoms with E-state index in [1.807, 2.05) is 0 Å². The summed E-state index contributed by atoms with van der Waals surface area (Å²) in [6.07, 6.45) is 0.447. The molecule has 0 unspecified atom stereocenters. The number of hydrogen-bond acceptors (Lipinski definition) is 7. The first-order valence-electron chi connectivity index (χ1n) is 12.9. The van der Waals surface area contributed by atoms with Crippen LogP contribution in [0.5, 0.6) is 5.75 Å². The van der Waals surface area contributed by atoms with Gasteiger partial charge in [-0.15, -0.1) is 0 Å². The van der Waals surface area contributed by atoms with Crippen LogP contribution in [0.3, 0.4) is 0 Å². The van der Waals surface area contributed by atoms with Crippen molar-refractivity contribution in [2.45, 2.75) is 26.2 Å². The van der Waals surface area contributed by atoms with Crippen LogP contribution in [0.2, 0.25) is 5.02 Å². The van der Waals surface area contributed by atoms with E-state index >= 15 is 0 Å². The molecular weight excluding hydrogens is 558 g/mol. The van der Waals surface area contributed by atoms with E-state index in [-0.39, 0.29) is 38.4 Å². The molecule has 0 bridgehead atoms. The van der Waals surface area contributed by atoms with E-state index in [2.05, 4.69) is 0 Å². The fourth-order valence-electron chi connectivity index (χ4n) is 4.63. The molecule has 0 saturated heterocycles. The maximum absolute atomic E-state index is 14.3. The molecular formula is C33H26ClNO7. The summed E-state index contributed by atoms with van der Waals surface area (Å²) in [4.78, 5) is 64.3. The fourth-order valence-corrected chi connectivity index (χ4v) is 4.91. The van der Waals surface area contributed by atoms with Crippen molar-refractivity contribution >= 4 is 40.9 Å². The minimum atomic E-state index is -0.836. The smallest absolute Gasteiger partial charge is 0.270 e. The van der Waals surface area contributed by atoms with Crippen LogP contribution in [-0.2, 0) is 5.41 Å². The zero-order valence-electron chi connectivity index (χ0n) is 23.1. The second-order valence-electron chi connectivity index (χ2n) is 10.5. The lowest BCUT2D eigenvalue weighted by molar-refractivity contribution is -0.384. The molecule has 4 rings (SSSR count). The first-order chi connectivity index (χ1) is 19.9. The SMILES string of the molecule is CC(C)(C)c1c(C(=O)c2ccc([N+](=O)[O-])cc2C(=O)COc2ccccc2)cc(C=O)c(Cl)c1C(=O)c1ccccc1. The predicted molar refractivity (Wildman–Crippen MR) is 158 cm³/mol. The van der Waals surface area contributed by atoms with E-state index in [4.69, 9.17) is 16.3 Å². The molecule has 0 N–H and O–H groups in total. The van der Waals surface area contributed by atoms with Crippen molar-refractivity contribution in [3.63, 3.8) is 0 Å². The number of hydrogen-bond donors (Lipinski definition) is 0. The molecule has 4 aromatic rings. The standard InChI is InChI=1S/C33H26ClNO7/c1-33(2,3)29-26(16-21(18-36)30(34)28(29)31(38)20-10-6-4-7-11-20)32(39)24-15-14-22(35(40)41)17-25(24)27(37)19-42-23-12-8-5-9-13-23/h4-18H,19H2,1-3H3. The highest BCUT2D eigenvalue weighted by molar-refractivity contribution is 6.38. The summed E-state index contributed by atoms with van der Waals surface area (Å²) < 4.78 is 5.55. The number of carbonyl (C=O) groups is 4. The summed E-state index contributed by atoms with van der Waals surface area (Å²) in [5, 5.41) is 11.5. The summed E-state index contributed by atoms with van der Waals surface area (Å²) in [6.45, 7) is 4.86. The molecule has 0 fully saturated rings. The quantitative estimate of drug-likeness (QED) is 0.0846. The highest BCUT2D eigenvalue weighted by atomic mass is 35.5. The Hall–Kier alpha value is -4.95. The number of para-hydroxylation sites is 1. The van der Waals surface area contributed by atoms with Crippen LogP contribution in [0, 0.1) is 10.1 Å². The Kier molecular flexibility index (Phi) is 8.78. The summed E-state index contributed by atoms with van der Waals surface area (Å²) in [5.41, 5.74) is -1.16. The van der Waals surface area contributed by atoms with Gasteiger partial charge in [0.05, 0.1) is 9.95 Å². The molecule has 0 aromatic heterocycles. The molecule has 0 amide bonds. The van der Waals surface area contributed by atoms with E-state index < -0.39 is 40.0 Å². The first-order valence-corrected chi connectivity index (χ1v) is 13.3. The third-order valence-corrected chi connectivity index (χ3v) is 6.96. The van der Waals surface area contributed by atoms with Crippen LogP contribution in [0.4, 0.5) is 5.69 Å². The van der Waals surface area contributed by atoms with Crippen molar-refractivity contribution in [2.24, 2.45) is 0 Å². The number of carbonyl (C=O) groups excluding carboxylic acids is 4. The van der Waals surface area contributed by atoms with Gasteiger partial charge in [-0.3, -0.25) is 29.3 Å². The lowest BCUT2D eigenvalue weighted by Crippen LogP contribution is -2.25. The Balaban J connectivity index is 1.92. The molecule has 212 valence electrons. The van der Waals surface area contributed by atoms with Crippen LogP contribution in [0.15, 0.2) is 84.9 Å². The van der Waals surface area contributed by atoms with Crippen LogP contribution < -0.4 is 4.74 Å². The van der Waals surface area contributed by atoms with Crippen molar-refractivity contribution < 1.29 is 28.8 Å². The monoisotopic (exact) mass is 583 g/mol. The number of rotatable bonds is 10. The number of ether oxygens (including phenoxy) is 1. The van der Waals surface area contributed by atoms with E-state index in [0.717, 1.165) is 12.1 Å². The molecule has 9 heteroatoms. The Morgan fingerprint density at radius 1 is 0.857 bits per heavy atom. The van der Waals surface area contributed by atoms with Gasteiger partial charge in [-0.05, 0) is 35.2 Å². The first kappa shape index (κ1) is 30.0. The maximum atomic E-state index is 14.3. The third kappa shape index (κ3) is 6.19. The highest BCUT2D eigenvalue weighted by Crippen LogP contribution is 2.38. The van der Waals surface area contributed by atoms with Crippen molar-refractivity contribution in [3.8, 4) is 5.75 Å². The zero-order valence-corrected chi connectivity index (χ0v) is 23.8. The summed E-state index contributed by atoms with van der Waals surface area (Å²) in [6, 6.07) is 21.4. The molecule has 0 spiro atoms. The number of nitrogens with zero attached hydrogens (tertiary/aromatic N) is 1. The van der Waals surface area contributed by atoms with E-state index in [1.54, 1.807) is 81.4 Å². The van der Waals surface area contributed by atoms with Crippen LogP contribution >= 0.6 is 11.6 Å². The number of non-ortho nitro benzene ring substituents is 1. The second kappa shape index (κ2) is 12.3. The van der Waals surface area contributed by atoms with Gasteiger partial charge in [0, 0.05) is 45.5 Å². The Labute approximate surface area is 247 Å².